The molecule has 0 atom stereocenters. The number of nitrogens with one attached hydrogen (secondary N) is 1. The minimum Gasteiger partial charge on any atom is -0.506 e. The lowest BCUT2D eigenvalue weighted by atomic mass is 10.3. The van der Waals surface area contributed by atoms with Crippen LogP contribution in [0.1, 0.15) is 0 Å². The highest BCUT2D eigenvalue weighted by Gasteiger charge is 1.98. The molecule has 0 saturated heterocycles. The summed E-state index contributed by atoms with van der Waals surface area (Å²) in [6, 6.07) is 3.48. The molecule has 4 N–H and O–H groups in total. The number of phenols is 1. The van der Waals surface area contributed by atoms with Crippen LogP contribution in [0, 0.1) is 5.82 Å². The Morgan fingerprint density at radius 3 is 2.70 bits per heavy atom. The number of aromatic hydroxyl groups is 1. The monoisotopic (exact) mass is 142 g/mol. The van der Waals surface area contributed by atoms with E-state index in [9.17, 15) is 4.39 Å². The number of phenolic OH excluding ortho intramolecular Hbond substituents is 1. The SMILES string of the molecule is NNc1cc(F)ccc1O. The number of hydrogen-bond acceptors (Lipinski definition) is 3. The molecule has 10 heavy (non-hydrogen) atoms. The van der Waals surface area contributed by atoms with E-state index in [2.05, 4.69) is 5.43 Å². The minimum atomic E-state index is -0.439. The lowest BCUT2D eigenvalue weighted by Crippen LogP contribution is -2.06. The van der Waals surface area contributed by atoms with Crippen LogP contribution in [-0.2, 0) is 0 Å². The zero-order valence-corrected chi connectivity index (χ0v) is 5.13. The summed E-state index contributed by atoms with van der Waals surface area (Å²) in [6.45, 7) is 0. The van der Waals surface area contributed by atoms with E-state index in [0.29, 0.717) is 0 Å². The lowest BCUT2D eigenvalue weighted by molar-refractivity contribution is 0.475. The first kappa shape index (κ1) is 6.82. The van der Waals surface area contributed by atoms with Gasteiger partial charge in [-0.05, 0) is 12.1 Å². The number of benzene rings is 1. The summed E-state index contributed by atoms with van der Waals surface area (Å²) < 4.78 is 12.3. The highest BCUT2D eigenvalue weighted by molar-refractivity contribution is 5.54. The molecule has 0 amide bonds. The van der Waals surface area contributed by atoms with Crippen molar-refractivity contribution in [2.75, 3.05) is 5.43 Å². The number of nitrogen functional groups attached to an aromatic ring is 1. The second-order valence-corrected chi connectivity index (χ2v) is 1.81. The molecule has 0 aliphatic heterocycles. The number of rotatable bonds is 1. The van der Waals surface area contributed by atoms with Crippen LogP contribution < -0.4 is 11.3 Å². The Morgan fingerprint density at radius 2 is 2.20 bits per heavy atom. The molecule has 0 aliphatic rings. The van der Waals surface area contributed by atoms with E-state index in [1.54, 1.807) is 0 Å². The van der Waals surface area contributed by atoms with E-state index < -0.39 is 5.82 Å². The van der Waals surface area contributed by atoms with Crippen LogP contribution in [0.3, 0.4) is 0 Å². The Hall–Kier alpha value is -1.29. The van der Waals surface area contributed by atoms with E-state index >= 15 is 0 Å². The maximum atomic E-state index is 12.3. The van der Waals surface area contributed by atoms with E-state index in [1.807, 2.05) is 0 Å². The van der Waals surface area contributed by atoms with E-state index in [1.165, 1.54) is 6.07 Å². The molecule has 0 radical (unpaired) electrons. The predicted octanol–water partition coefficient (Wildman–Crippen LogP) is 0.817. The van der Waals surface area contributed by atoms with Crippen molar-refractivity contribution in [3.8, 4) is 5.75 Å². The quantitative estimate of drug-likeness (QED) is 0.309. The number of anilines is 1. The van der Waals surface area contributed by atoms with Gasteiger partial charge in [-0.2, -0.15) is 0 Å². The Kier molecular flexibility index (Phi) is 1.73. The molecule has 0 unspecified atom stereocenters. The molecule has 0 aliphatic carbocycles. The number of halogens is 1. The second kappa shape index (κ2) is 2.53. The largest absolute Gasteiger partial charge is 0.506 e. The summed E-state index contributed by atoms with van der Waals surface area (Å²) in [5.41, 5.74) is 2.33. The Bertz CT molecular complexity index is 239. The maximum absolute atomic E-state index is 12.3. The molecule has 0 saturated carbocycles. The highest BCUT2D eigenvalue weighted by atomic mass is 19.1. The van der Waals surface area contributed by atoms with Crippen LogP contribution in [0.15, 0.2) is 18.2 Å². The first-order chi connectivity index (χ1) is 4.74. The fraction of sp³-hybridized carbons (Fsp3) is 0. The second-order valence-electron chi connectivity index (χ2n) is 1.81. The summed E-state index contributed by atoms with van der Waals surface area (Å²) in [7, 11) is 0. The average molecular weight is 142 g/mol. The summed E-state index contributed by atoms with van der Waals surface area (Å²) in [5, 5.41) is 8.93. The average Bonchev–Trinajstić information content (AvgIpc) is 1.94. The fourth-order valence-corrected chi connectivity index (χ4v) is 0.624. The third kappa shape index (κ3) is 1.16. The van der Waals surface area contributed by atoms with Crippen LogP contribution in [-0.4, -0.2) is 5.11 Å². The summed E-state index contributed by atoms with van der Waals surface area (Å²) in [5.74, 6) is 4.44. The van der Waals surface area contributed by atoms with Crippen LogP contribution in [0.5, 0.6) is 5.75 Å². The maximum Gasteiger partial charge on any atom is 0.140 e. The van der Waals surface area contributed by atoms with Gasteiger partial charge in [-0.25, -0.2) is 4.39 Å². The number of nitrogens with two attached hydrogens (primary N) is 1. The van der Waals surface area contributed by atoms with Crippen molar-refractivity contribution < 1.29 is 9.50 Å². The lowest BCUT2D eigenvalue weighted by Gasteiger charge is -2.01. The van der Waals surface area contributed by atoms with Crippen molar-refractivity contribution in [3.63, 3.8) is 0 Å². The third-order valence-electron chi connectivity index (χ3n) is 1.11. The van der Waals surface area contributed by atoms with Gasteiger partial charge >= 0.3 is 0 Å². The molecule has 0 fully saturated rings. The smallest absolute Gasteiger partial charge is 0.140 e. The summed E-state index contributed by atoms with van der Waals surface area (Å²) in [6.07, 6.45) is 0. The van der Waals surface area contributed by atoms with Gasteiger partial charge in [-0.3, -0.25) is 5.84 Å². The molecule has 1 aromatic rings. The fourth-order valence-electron chi connectivity index (χ4n) is 0.624. The molecule has 1 aromatic carbocycles. The van der Waals surface area contributed by atoms with Gasteiger partial charge in [0.1, 0.15) is 11.6 Å². The van der Waals surface area contributed by atoms with E-state index in [0.717, 1.165) is 12.1 Å². The number of hydrazine groups is 1. The molecule has 54 valence electrons. The topological polar surface area (TPSA) is 58.3 Å². The van der Waals surface area contributed by atoms with Gasteiger partial charge in [0.2, 0.25) is 0 Å². The first-order valence-electron chi connectivity index (χ1n) is 2.69. The van der Waals surface area contributed by atoms with Crippen molar-refractivity contribution in [1.82, 2.24) is 0 Å². The Labute approximate surface area is 57.3 Å². The van der Waals surface area contributed by atoms with Crippen molar-refractivity contribution in [2.24, 2.45) is 5.84 Å². The van der Waals surface area contributed by atoms with Crippen LogP contribution in [0.2, 0.25) is 0 Å². The number of hydrogen-bond donors (Lipinski definition) is 3. The third-order valence-corrected chi connectivity index (χ3v) is 1.11. The Morgan fingerprint density at radius 1 is 1.50 bits per heavy atom. The normalized spacial score (nSPS) is 9.40. The molecular weight excluding hydrogens is 135 g/mol. The van der Waals surface area contributed by atoms with Crippen molar-refractivity contribution in [2.45, 2.75) is 0 Å². The molecule has 4 heteroatoms. The standard InChI is InChI=1S/C6H7FN2O/c7-4-1-2-6(10)5(3-4)9-8/h1-3,9-10H,8H2. The van der Waals surface area contributed by atoms with E-state index in [4.69, 9.17) is 10.9 Å². The van der Waals surface area contributed by atoms with Gasteiger partial charge in [-0.15, -0.1) is 0 Å². The summed E-state index contributed by atoms with van der Waals surface area (Å²) >= 11 is 0. The molecule has 0 aromatic heterocycles. The van der Waals surface area contributed by atoms with Gasteiger partial charge in [0.15, 0.2) is 0 Å². The van der Waals surface area contributed by atoms with Gasteiger partial charge < -0.3 is 10.5 Å². The van der Waals surface area contributed by atoms with Gasteiger partial charge in [0.05, 0.1) is 5.69 Å². The summed E-state index contributed by atoms with van der Waals surface area (Å²) in [4.78, 5) is 0. The first-order valence-corrected chi connectivity index (χ1v) is 2.69. The zero-order valence-electron chi connectivity index (χ0n) is 5.13. The van der Waals surface area contributed by atoms with Crippen molar-refractivity contribution >= 4 is 5.69 Å². The van der Waals surface area contributed by atoms with E-state index in [-0.39, 0.29) is 11.4 Å². The molecule has 3 nitrogen and oxygen atoms in total. The van der Waals surface area contributed by atoms with Crippen molar-refractivity contribution in [1.29, 1.82) is 0 Å². The Balaban J connectivity index is 3.09. The zero-order chi connectivity index (χ0) is 7.56. The van der Waals surface area contributed by atoms with Gasteiger partial charge in [0, 0.05) is 6.07 Å². The van der Waals surface area contributed by atoms with Crippen LogP contribution in [0.25, 0.3) is 0 Å². The van der Waals surface area contributed by atoms with Crippen LogP contribution in [0.4, 0.5) is 10.1 Å². The molecular formula is C6H7FN2O. The van der Waals surface area contributed by atoms with Gasteiger partial charge in [-0.1, -0.05) is 0 Å². The highest BCUT2D eigenvalue weighted by Crippen LogP contribution is 2.21. The molecule has 0 spiro atoms. The van der Waals surface area contributed by atoms with Crippen LogP contribution >= 0.6 is 0 Å². The minimum absolute atomic E-state index is 0.0658. The molecule has 0 bridgehead atoms. The van der Waals surface area contributed by atoms with Crippen molar-refractivity contribution in [3.05, 3.63) is 24.0 Å². The predicted molar refractivity (Wildman–Crippen MR) is 35.9 cm³/mol. The molecule has 1 rings (SSSR count). The molecule has 0 heterocycles. The van der Waals surface area contributed by atoms with Gasteiger partial charge in [0.25, 0.3) is 0 Å².